The Morgan fingerprint density at radius 2 is 1.03 bits per heavy atom. The maximum Gasteiger partial charge on any atom is 0.264 e. The van der Waals surface area contributed by atoms with Crippen LogP contribution in [-0.2, 0) is 14.9 Å². The molecule has 8 saturated carbocycles. The number of carbonyl (C=O) groups excluding carboxylic acids is 1. The summed E-state index contributed by atoms with van der Waals surface area (Å²) in [6.07, 6.45) is 31.3. The second-order valence-electron chi connectivity index (χ2n) is 26.2. The smallest absolute Gasteiger partial charge is 0.264 e. The Balaban J connectivity index is 0.728. The van der Waals surface area contributed by atoms with Gasteiger partial charge in [0.2, 0.25) is 0 Å². The van der Waals surface area contributed by atoms with Gasteiger partial charge in [0.25, 0.3) is 10.1 Å². The van der Waals surface area contributed by atoms with Crippen molar-refractivity contribution in [2.45, 2.75) is 240 Å². The molecule has 0 heterocycles. The number of hydrogen-bond donors (Lipinski definition) is 4. The zero-order valence-electron chi connectivity index (χ0n) is 41.7. The number of rotatable bonds is 18. The van der Waals surface area contributed by atoms with Gasteiger partial charge < -0.3 is 15.3 Å². The minimum atomic E-state index is -4.02. The maximum absolute atomic E-state index is 12.6. The lowest BCUT2D eigenvalue weighted by Gasteiger charge is -2.62. The van der Waals surface area contributed by atoms with Gasteiger partial charge in [0.15, 0.2) is 0 Å². The fourth-order valence-electron chi connectivity index (χ4n) is 19.7. The summed E-state index contributed by atoms with van der Waals surface area (Å²) in [6.45, 7) is 15.2. The summed E-state index contributed by atoms with van der Waals surface area (Å²) in [4.78, 5) is 12.6. The number of Topliss-reactive ketones (excluding diaryl/α,β-unsaturated/α-hetero) is 1. The first-order chi connectivity index (χ1) is 30.3. The van der Waals surface area contributed by atoms with Crippen molar-refractivity contribution in [2.24, 2.45) is 98.6 Å². The Bertz CT molecular complexity index is 1700. The summed E-state index contributed by atoms with van der Waals surface area (Å²) >= 11 is 0. The molecule has 4 N–H and O–H groups in total. The Morgan fingerprint density at radius 1 is 0.547 bits per heavy atom. The van der Waals surface area contributed by atoms with Crippen LogP contribution in [0.25, 0.3) is 0 Å². The van der Waals surface area contributed by atoms with Crippen LogP contribution in [-0.4, -0.2) is 58.1 Å². The second kappa shape index (κ2) is 19.7. The first-order valence-corrected chi connectivity index (χ1v) is 29.4. The molecule has 0 bridgehead atoms. The summed E-state index contributed by atoms with van der Waals surface area (Å²) in [5.41, 5.74) is 1.27. The summed E-state index contributed by atoms with van der Waals surface area (Å²) in [5, 5.41) is 34.1. The van der Waals surface area contributed by atoms with Crippen LogP contribution < -0.4 is 0 Å². The van der Waals surface area contributed by atoms with Crippen molar-refractivity contribution in [3.63, 3.8) is 0 Å². The Morgan fingerprint density at radius 3 is 1.61 bits per heavy atom. The predicted molar refractivity (Wildman–Crippen MR) is 258 cm³/mol. The lowest BCUT2D eigenvalue weighted by Crippen LogP contribution is -2.58. The third-order valence-corrected chi connectivity index (χ3v) is 24.0. The van der Waals surface area contributed by atoms with Gasteiger partial charge in [-0.3, -0.25) is 9.35 Å². The van der Waals surface area contributed by atoms with E-state index in [1.54, 1.807) is 0 Å². The first-order valence-electron chi connectivity index (χ1n) is 27.8. The molecule has 8 aliphatic carbocycles. The van der Waals surface area contributed by atoms with Gasteiger partial charge in [-0.25, -0.2) is 0 Å². The van der Waals surface area contributed by atoms with Crippen molar-refractivity contribution in [3.05, 3.63) is 0 Å². The van der Waals surface area contributed by atoms with E-state index in [4.69, 9.17) is 4.55 Å². The van der Waals surface area contributed by atoms with E-state index >= 15 is 0 Å². The predicted octanol–water partition coefficient (Wildman–Crippen LogP) is 12.6. The van der Waals surface area contributed by atoms with Crippen LogP contribution >= 0.6 is 0 Å². The molecular weight excluding hydrogens is 817 g/mol. The van der Waals surface area contributed by atoms with Crippen LogP contribution in [0.1, 0.15) is 221 Å². The molecule has 64 heavy (non-hydrogen) atoms. The van der Waals surface area contributed by atoms with Gasteiger partial charge in [0.1, 0.15) is 5.78 Å². The maximum atomic E-state index is 12.6. The van der Waals surface area contributed by atoms with E-state index in [0.29, 0.717) is 81.8 Å². The molecule has 8 fully saturated rings. The topological polar surface area (TPSA) is 132 Å². The molecule has 8 rings (SSSR count). The summed E-state index contributed by atoms with van der Waals surface area (Å²) in [7, 11) is -4.02. The summed E-state index contributed by atoms with van der Waals surface area (Å²) in [5.74, 6) is 7.72. The molecule has 0 spiro atoms. The third-order valence-electron chi connectivity index (χ3n) is 23.2. The molecule has 0 aliphatic heterocycles. The average molecular weight is 913 g/mol. The second-order valence-corrected chi connectivity index (χ2v) is 27.8. The van der Waals surface area contributed by atoms with Crippen LogP contribution in [0.15, 0.2) is 0 Å². The molecule has 0 aromatic heterocycles. The number of aliphatic hydroxyl groups is 3. The number of unbranched alkanes of at least 4 members (excludes halogenated alkanes) is 5. The average Bonchev–Trinajstić information content (AvgIpc) is 3.78. The molecule has 20 atom stereocenters. The highest BCUT2D eigenvalue weighted by atomic mass is 32.2. The fraction of sp³-hybridized carbons (Fsp3) is 0.982. The van der Waals surface area contributed by atoms with Crippen LogP contribution in [0, 0.1) is 98.6 Å². The molecule has 0 radical (unpaired) electrons. The van der Waals surface area contributed by atoms with Crippen LogP contribution in [0.5, 0.6) is 0 Å². The molecular formula is C56H96O7S. The molecule has 0 aromatic rings. The molecule has 8 aliphatic rings. The van der Waals surface area contributed by atoms with E-state index in [1.807, 2.05) is 0 Å². The van der Waals surface area contributed by atoms with Crippen molar-refractivity contribution in [1.29, 1.82) is 0 Å². The molecule has 0 aromatic carbocycles. The number of fused-ring (bicyclic) bond motifs is 10. The van der Waals surface area contributed by atoms with Gasteiger partial charge in [-0.15, -0.1) is 0 Å². The lowest BCUT2D eigenvalue weighted by molar-refractivity contribution is -0.174. The fourth-order valence-corrected chi connectivity index (χ4v) is 20.2. The van der Waals surface area contributed by atoms with E-state index in [2.05, 4.69) is 41.5 Å². The molecule has 0 amide bonds. The number of carbonyl (C=O) groups is 1. The van der Waals surface area contributed by atoms with Crippen molar-refractivity contribution < 1.29 is 33.1 Å². The van der Waals surface area contributed by atoms with E-state index in [9.17, 15) is 28.5 Å². The Labute approximate surface area is 391 Å². The third kappa shape index (κ3) is 9.67. The molecule has 368 valence electrons. The zero-order valence-corrected chi connectivity index (χ0v) is 42.5. The molecule has 7 nitrogen and oxygen atoms in total. The van der Waals surface area contributed by atoms with Gasteiger partial charge in [-0.05, 0) is 214 Å². The monoisotopic (exact) mass is 913 g/mol. The molecule has 8 heteroatoms. The van der Waals surface area contributed by atoms with Gasteiger partial charge in [-0.1, -0.05) is 92.9 Å². The SMILES string of the molecule is C[C@H](CCCCCCCC[C@@H]1CC[C@@]2(C)C(C1)C[C@H](O)[C@H]1C3CC[C@H]([C@H](C)CCC(=O)CCCS(=O)(=O)O)[C@@]3(C)CC[C@@H]12)[C@H]1CCC2[C@@H]3[C@@H](O)CC4C[C@H](O)CC[C@]4(C)[C@H]3CC[C@@]21C. The minimum Gasteiger partial charge on any atom is -0.393 e. The summed E-state index contributed by atoms with van der Waals surface area (Å²) in [6, 6.07) is 0. The number of hydrogen-bond acceptors (Lipinski definition) is 6. The van der Waals surface area contributed by atoms with Gasteiger partial charge >= 0.3 is 0 Å². The van der Waals surface area contributed by atoms with Crippen molar-refractivity contribution in [2.75, 3.05) is 5.75 Å². The lowest BCUT2D eigenvalue weighted by atomic mass is 9.43. The standard InChI is InChI=1S/C56H96O7S/c1-36(43-19-21-45-52-48(26-29-55(43,45)5)54(4)28-24-42(58)33-40(54)35-50(52)60)14-11-9-7-8-10-12-15-38-23-27-53(3)39(32-38)34-49(59)51-46-22-20-44(56(46,6)30-25-47(51)53)37(2)17-18-41(57)16-13-31-64(61,62)63/h36-40,42-52,58-60H,7-35H2,1-6H3,(H,61,62,63)/t36-,37-,38-,39?,40?,42-,43-,44-,45?,46?,47+,48+,49+,50+,51+,52+,53+,54+,55-,56-/m1/s1. The van der Waals surface area contributed by atoms with Gasteiger partial charge in [0, 0.05) is 12.8 Å². The quantitative estimate of drug-likeness (QED) is 0.0795. The van der Waals surface area contributed by atoms with Gasteiger partial charge in [0.05, 0.1) is 24.1 Å². The highest BCUT2D eigenvalue weighted by Crippen LogP contribution is 2.70. The highest BCUT2D eigenvalue weighted by molar-refractivity contribution is 7.85. The Kier molecular flexibility index (Phi) is 15.3. The van der Waals surface area contributed by atoms with E-state index < -0.39 is 10.1 Å². The van der Waals surface area contributed by atoms with E-state index in [-0.39, 0.29) is 48.1 Å². The highest BCUT2D eigenvalue weighted by Gasteiger charge is 2.64. The largest absolute Gasteiger partial charge is 0.393 e. The van der Waals surface area contributed by atoms with E-state index in [0.717, 1.165) is 56.3 Å². The normalized spacial score (nSPS) is 47.3. The molecule has 0 saturated heterocycles. The minimum absolute atomic E-state index is 0.106. The summed E-state index contributed by atoms with van der Waals surface area (Å²) < 4.78 is 31.2. The molecule has 4 unspecified atom stereocenters. The number of aliphatic hydroxyl groups excluding tert-OH is 3. The van der Waals surface area contributed by atoms with Crippen LogP contribution in [0.3, 0.4) is 0 Å². The van der Waals surface area contributed by atoms with E-state index in [1.165, 1.54) is 122 Å². The Hall–Kier alpha value is -0.540. The van der Waals surface area contributed by atoms with Crippen molar-refractivity contribution in [1.82, 2.24) is 0 Å². The van der Waals surface area contributed by atoms with Crippen LogP contribution in [0.4, 0.5) is 0 Å². The van der Waals surface area contributed by atoms with Crippen LogP contribution in [0.2, 0.25) is 0 Å². The number of ketones is 1. The van der Waals surface area contributed by atoms with Crippen molar-refractivity contribution >= 4 is 15.9 Å². The first kappa shape index (κ1) is 49.9. The van der Waals surface area contributed by atoms with Gasteiger partial charge in [-0.2, -0.15) is 8.42 Å². The van der Waals surface area contributed by atoms with Crippen molar-refractivity contribution in [3.8, 4) is 0 Å². The zero-order chi connectivity index (χ0) is 45.8.